The molecule has 2 atom stereocenters. The van der Waals surface area contributed by atoms with Crippen LogP contribution in [-0.4, -0.2) is 61.1 Å². The fourth-order valence-corrected chi connectivity index (χ4v) is 5.25. The normalized spacial score (nSPS) is 23.3. The highest BCUT2D eigenvalue weighted by atomic mass is 16.5. The molecule has 1 N–H and O–H groups in total. The Labute approximate surface area is 190 Å². The molecule has 0 spiro atoms. The van der Waals surface area contributed by atoms with E-state index in [4.69, 9.17) is 4.74 Å². The number of ether oxygens (including phenoxy) is 1. The number of nitrogens with zero attached hydrogens (tertiary/aromatic N) is 2. The number of hydrogen-bond donors (Lipinski definition) is 1. The largest absolute Gasteiger partial charge is 0.497 e. The third-order valence-corrected chi connectivity index (χ3v) is 7.12. The molecule has 6 heteroatoms. The van der Waals surface area contributed by atoms with Crippen molar-refractivity contribution in [2.24, 2.45) is 5.92 Å². The number of hydrogen-bond acceptors (Lipinski definition) is 4. The van der Waals surface area contributed by atoms with Crippen LogP contribution in [0.3, 0.4) is 0 Å². The third-order valence-electron chi connectivity index (χ3n) is 7.12. The molecule has 170 valence electrons. The fourth-order valence-electron chi connectivity index (χ4n) is 5.25. The van der Waals surface area contributed by atoms with Crippen LogP contribution in [0.2, 0.25) is 0 Å². The summed E-state index contributed by atoms with van der Waals surface area (Å²) < 4.78 is 5.36. The molecule has 0 bridgehead atoms. The zero-order valence-electron chi connectivity index (χ0n) is 19.2. The van der Waals surface area contributed by atoms with E-state index in [1.54, 1.807) is 14.2 Å². The van der Waals surface area contributed by atoms with Gasteiger partial charge in [-0.25, -0.2) is 4.79 Å². The van der Waals surface area contributed by atoms with Gasteiger partial charge in [-0.3, -0.25) is 9.69 Å². The van der Waals surface area contributed by atoms with Gasteiger partial charge in [-0.15, -0.1) is 0 Å². The number of nitrogens with one attached hydrogen (secondary N) is 1. The van der Waals surface area contributed by atoms with Gasteiger partial charge in [-0.2, -0.15) is 0 Å². The summed E-state index contributed by atoms with van der Waals surface area (Å²) in [6, 6.07) is 18.1. The van der Waals surface area contributed by atoms with Gasteiger partial charge < -0.3 is 15.0 Å². The summed E-state index contributed by atoms with van der Waals surface area (Å²) in [5, 5.41) is 3.08. The molecule has 2 aliphatic heterocycles. The highest BCUT2D eigenvalue weighted by Gasteiger charge is 2.54. The van der Waals surface area contributed by atoms with Crippen LogP contribution in [0.4, 0.5) is 4.79 Å². The number of piperidine rings is 1. The Kier molecular flexibility index (Phi) is 6.51. The molecular weight excluding hydrogens is 402 g/mol. The number of likely N-dealkylation sites (tertiary alicyclic amines) is 1. The van der Waals surface area contributed by atoms with Crippen LogP contribution < -0.4 is 10.1 Å². The maximum absolute atomic E-state index is 13.3. The lowest BCUT2D eigenvalue weighted by Gasteiger charge is -2.41. The van der Waals surface area contributed by atoms with E-state index in [1.165, 1.54) is 10.5 Å². The first kappa shape index (κ1) is 22.3. The van der Waals surface area contributed by atoms with Crippen LogP contribution in [-0.2, 0) is 11.2 Å². The maximum Gasteiger partial charge on any atom is 0.324 e. The molecule has 0 aromatic heterocycles. The lowest BCUT2D eigenvalue weighted by Crippen LogP contribution is -2.57. The standard InChI is InChI=1S/C26H33N3O3/c1-19(21-9-5-4-6-10-21)18-29-14-12-22(13-15-29)26(24(30)28(2)25(31)27-26)17-20-8-7-11-23(16-20)32-3/h4-11,16,19,22H,12-15,17-18H2,1-3H3,(H,27,31). The van der Waals surface area contributed by atoms with E-state index < -0.39 is 5.54 Å². The first-order chi connectivity index (χ1) is 15.4. The average molecular weight is 436 g/mol. The summed E-state index contributed by atoms with van der Waals surface area (Å²) >= 11 is 0. The molecule has 2 aromatic carbocycles. The quantitative estimate of drug-likeness (QED) is 0.674. The first-order valence-corrected chi connectivity index (χ1v) is 11.4. The highest BCUT2D eigenvalue weighted by Crippen LogP contribution is 2.37. The van der Waals surface area contributed by atoms with Crippen LogP contribution in [0, 0.1) is 5.92 Å². The van der Waals surface area contributed by atoms with Crippen LogP contribution in [0.25, 0.3) is 0 Å². The van der Waals surface area contributed by atoms with Gasteiger partial charge in [0, 0.05) is 20.0 Å². The van der Waals surface area contributed by atoms with Crippen molar-refractivity contribution in [3.63, 3.8) is 0 Å². The van der Waals surface area contributed by atoms with Gasteiger partial charge in [-0.1, -0.05) is 49.4 Å². The molecular formula is C26H33N3O3. The summed E-state index contributed by atoms with van der Waals surface area (Å²) in [7, 11) is 3.21. The Hall–Kier alpha value is -2.86. The van der Waals surface area contributed by atoms with Crippen molar-refractivity contribution in [1.82, 2.24) is 15.1 Å². The minimum atomic E-state index is -0.894. The van der Waals surface area contributed by atoms with Crippen LogP contribution in [0.5, 0.6) is 5.75 Å². The van der Waals surface area contributed by atoms with Crippen molar-refractivity contribution >= 4 is 11.9 Å². The van der Waals surface area contributed by atoms with Gasteiger partial charge >= 0.3 is 6.03 Å². The second-order valence-electron chi connectivity index (χ2n) is 9.18. The van der Waals surface area contributed by atoms with Crippen molar-refractivity contribution in [2.75, 3.05) is 33.8 Å². The molecule has 2 aromatic rings. The SMILES string of the molecule is COc1cccc(CC2(C3CCN(CC(C)c4ccccc4)CC3)NC(=O)N(C)C2=O)c1. The molecule has 0 radical (unpaired) electrons. The molecule has 2 heterocycles. The van der Waals surface area contributed by atoms with Crippen LogP contribution in [0.1, 0.15) is 36.8 Å². The number of amides is 3. The molecule has 0 saturated carbocycles. The number of benzene rings is 2. The van der Waals surface area contributed by atoms with Crippen molar-refractivity contribution in [3.05, 3.63) is 65.7 Å². The number of carbonyl (C=O) groups is 2. The number of methoxy groups -OCH3 is 1. The molecule has 2 saturated heterocycles. The predicted molar refractivity (Wildman–Crippen MR) is 125 cm³/mol. The molecule has 6 nitrogen and oxygen atoms in total. The average Bonchev–Trinajstić information content (AvgIpc) is 3.04. The summed E-state index contributed by atoms with van der Waals surface area (Å²) in [5.41, 5.74) is 1.45. The zero-order valence-corrected chi connectivity index (χ0v) is 19.2. The molecule has 32 heavy (non-hydrogen) atoms. The van der Waals surface area contributed by atoms with Crippen molar-refractivity contribution in [1.29, 1.82) is 0 Å². The molecule has 2 unspecified atom stereocenters. The van der Waals surface area contributed by atoms with Gasteiger partial charge in [-0.05, 0) is 61.0 Å². The topological polar surface area (TPSA) is 61.9 Å². The van der Waals surface area contributed by atoms with Gasteiger partial charge in [0.25, 0.3) is 5.91 Å². The number of rotatable bonds is 7. The van der Waals surface area contributed by atoms with E-state index in [2.05, 4.69) is 41.4 Å². The number of imide groups is 1. The van der Waals surface area contributed by atoms with Crippen LogP contribution >= 0.6 is 0 Å². The van der Waals surface area contributed by atoms with E-state index in [-0.39, 0.29) is 17.9 Å². The highest BCUT2D eigenvalue weighted by molar-refractivity contribution is 6.07. The van der Waals surface area contributed by atoms with Gasteiger partial charge in [0.2, 0.25) is 0 Å². The van der Waals surface area contributed by atoms with Gasteiger partial charge in [0.15, 0.2) is 0 Å². The number of carbonyl (C=O) groups excluding carboxylic acids is 2. The van der Waals surface area contributed by atoms with Crippen molar-refractivity contribution in [3.8, 4) is 5.75 Å². The van der Waals surface area contributed by atoms with E-state index >= 15 is 0 Å². The van der Waals surface area contributed by atoms with Gasteiger partial charge in [0.05, 0.1) is 7.11 Å². The summed E-state index contributed by atoms with van der Waals surface area (Å²) in [4.78, 5) is 29.5. The molecule has 2 fully saturated rings. The molecule has 3 amide bonds. The second kappa shape index (κ2) is 9.33. The van der Waals surface area contributed by atoms with E-state index in [0.29, 0.717) is 12.3 Å². The fraction of sp³-hybridized carbons (Fsp3) is 0.462. The predicted octanol–water partition coefficient (Wildman–Crippen LogP) is 3.67. The second-order valence-corrected chi connectivity index (χ2v) is 9.18. The summed E-state index contributed by atoms with van der Waals surface area (Å²) in [6.07, 6.45) is 2.24. The lowest BCUT2D eigenvalue weighted by molar-refractivity contribution is -0.133. The van der Waals surface area contributed by atoms with Crippen molar-refractivity contribution < 1.29 is 14.3 Å². The van der Waals surface area contributed by atoms with E-state index in [1.807, 2.05) is 30.3 Å². The summed E-state index contributed by atoms with van der Waals surface area (Å²) in [6.45, 7) is 5.12. The zero-order chi connectivity index (χ0) is 22.7. The lowest BCUT2D eigenvalue weighted by atomic mass is 9.73. The van der Waals surface area contributed by atoms with E-state index in [9.17, 15) is 9.59 Å². The minimum absolute atomic E-state index is 0.0957. The number of likely N-dealkylation sites (N-methyl/N-ethyl adjacent to an activating group) is 1. The Bertz CT molecular complexity index is 956. The first-order valence-electron chi connectivity index (χ1n) is 11.4. The Morgan fingerprint density at radius 2 is 1.81 bits per heavy atom. The van der Waals surface area contributed by atoms with Crippen LogP contribution in [0.15, 0.2) is 54.6 Å². The number of urea groups is 1. The molecule has 2 aliphatic rings. The third kappa shape index (κ3) is 4.37. The van der Waals surface area contributed by atoms with Gasteiger partial charge in [0.1, 0.15) is 11.3 Å². The smallest absolute Gasteiger partial charge is 0.324 e. The minimum Gasteiger partial charge on any atom is -0.497 e. The Morgan fingerprint density at radius 1 is 1.09 bits per heavy atom. The Balaban J connectivity index is 1.48. The maximum atomic E-state index is 13.3. The van der Waals surface area contributed by atoms with E-state index in [0.717, 1.165) is 43.8 Å². The monoisotopic (exact) mass is 435 g/mol. The molecule has 0 aliphatic carbocycles. The summed E-state index contributed by atoms with van der Waals surface area (Å²) in [5.74, 6) is 1.18. The van der Waals surface area contributed by atoms with Crippen molar-refractivity contribution in [2.45, 2.75) is 37.6 Å². The Morgan fingerprint density at radius 3 is 2.44 bits per heavy atom. The molecule has 4 rings (SSSR count).